The molecular formula is C10H7ClFN3O3. The van der Waals surface area contributed by atoms with Gasteiger partial charge in [-0.25, -0.2) is 4.39 Å². The topological polar surface area (TPSA) is 82.1 Å². The van der Waals surface area contributed by atoms with E-state index in [-0.39, 0.29) is 23.0 Å². The number of rotatable bonds is 3. The van der Waals surface area contributed by atoms with Crippen LogP contribution in [0.1, 0.15) is 18.2 Å². The van der Waals surface area contributed by atoms with Crippen LogP contribution in [0, 0.1) is 15.9 Å². The Kier molecular flexibility index (Phi) is 3.24. The zero-order valence-electron chi connectivity index (χ0n) is 9.13. The predicted octanol–water partition coefficient (Wildman–Crippen LogP) is 3.08. The van der Waals surface area contributed by atoms with E-state index in [1.807, 2.05) is 0 Å². The Hall–Kier alpha value is -2.02. The number of aromatic nitrogens is 2. The maximum atomic E-state index is 13.1. The Morgan fingerprint density at radius 3 is 2.78 bits per heavy atom. The van der Waals surface area contributed by atoms with Gasteiger partial charge in [0, 0.05) is 6.07 Å². The molecule has 1 heterocycles. The van der Waals surface area contributed by atoms with Crippen LogP contribution in [-0.4, -0.2) is 15.1 Å². The molecule has 1 unspecified atom stereocenters. The van der Waals surface area contributed by atoms with Crippen LogP contribution in [0.2, 0.25) is 0 Å². The molecule has 1 aromatic carbocycles. The zero-order chi connectivity index (χ0) is 13.3. The molecule has 1 atom stereocenters. The van der Waals surface area contributed by atoms with Gasteiger partial charge in [-0.2, -0.15) is 0 Å². The van der Waals surface area contributed by atoms with Crippen LogP contribution in [0.25, 0.3) is 11.5 Å². The number of nitrogens with zero attached hydrogens (tertiary/aromatic N) is 3. The average molecular weight is 272 g/mol. The molecule has 94 valence electrons. The highest BCUT2D eigenvalue weighted by Crippen LogP contribution is 2.31. The molecule has 0 aliphatic heterocycles. The summed E-state index contributed by atoms with van der Waals surface area (Å²) in [5.41, 5.74) is -0.384. The van der Waals surface area contributed by atoms with Crippen LogP contribution in [0.4, 0.5) is 10.1 Å². The van der Waals surface area contributed by atoms with Crippen LogP contribution < -0.4 is 0 Å². The number of hydrogen-bond donors (Lipinski definition) is 0. The van der Waals surface area contributed by atoms with Crippen molar-refractivity contribution < 1.29 is 13.7 Å². The molecule has 2 rings (SSSR count). The summed E-state index contributed by atoms with van der Waals surface area (Å²) in [7, 11) is 0. The third-order valence-corrected chi connectivity index (χ3v) is 2.35. The lowest BCUT2D eigenvalue weighted by atomic mass is 10.2. The minimum Gasteiger partial charge on any atom is -0.419 e. The first-order valence-corrected chi connectivity index (χ1v) is 5.34. The standard InChI is InChI=1S/C10H7ClFN3O3/c1-5(11)9-13-14-10(18-9)7-4-6(12)2-3-8(7)15(16)17/h2-5H,1H3. The number of benzene rings is 1. The number of nitro benzene ring substituents is 1. The van der Waals surface area contributed by atoms with Crippen molar-refractivity contribution in [2.75, 3.05) is 0 Å². The normalized spacial score (nSPS) is 12.4. The molecule has 0 bridgehead atoms. The predicted molar refractivity (Wildman–Crippen MR) is 60.6 cm³/mol. The molecule has 0 aliphatic carbocycles. The van der Waals surface area contributed by atoms with Gasteiger partial charge in [-0.3, -0.25) is 10.1 Å². The Balaban J connectivity index is 2.54. The second kappa shape index (κ2) is 4.69. The van der Waals surface area contributed by atoms with Gasteiger partial charge in [-0.05, 0) is 19.1 Å². The first kappa shape index (κ1) is 12.4. The summed E-state index contributed by atoms with van der Waals surface area (Å²) in [6.45, 7) is 1.61. The summed E-state index contributed by atoms with van der Waals surface area (Å²) in [4.78, 5) is 10.2. The SMILES string of the molecule is CC(Cl)c1nnc(-c2cc(F)ccc2[N+](=O)[O-])o1. The molecule has 0 saturated carbocycles. The molecule has 0 N–H and O–H groups in total. The molecule has 2 aromatic rings. The van der Waals surface area contributed by atoms with Crippen molar-refractivity contribution >= 4 is 17.3 Å². The summed E-state index contributed by atoms with van der Waals surface area (Å²) >= 11 is 5.73. The molecule has 0 saturated heterocycles. The van der Waals surface area contributed by atoms with E-state index in [1.165, 1.54) is 0 Å². The van der Waals surface area contributed by atoms with Gasteiger partial charge < -0.3 is 4.42 Å². The van der Waals surface area contributed by atoms with Gasteiger partial charge in [0.25, 0.3) is 11.6 Å². The average Bonchev–Trinajstić information content (AvgIpc) is 2.77. The quantitative estimate of drug-likeness (QED) is 0.487. The van der Waals surface area contributed by atoms with E-state index in [0.717, 1.165) is 18.2 Å². The number of hydrogen-bond acceptors (Lipinski definition) is 5. The van der Waals surface area contributed by atoms with E-state index in [0.29, 0.717) is 0 Å². The van der Waals surface area contributed by atoms with E-state index in [9.17, 15) is 14.5 Å². The first-order valence-electron chi connectivity index (χ1n) is 4.91. The largest absolute Gasteiger partial charge is 0.419 e. The van der Waals surface area contributed by atoms with Crippen LogP contribution in [-0.2, 0) is 0 Å². The Morgan fingerprint density at radius 2 is 2.22 bits per heavy atom. The molecule has 18 heavy (non-hydrogen) atoms. The van der Waals surface area contributed by atoms with Crippen molar-refractivity contribution in [2.24, 2.45) is 0 Å². The van der Waals surface area contributed by atoms with Gasteiger partial charge in [-0.15, -0.1) is 21.8 Å². The van der Waals surface area contributed by atoms with Crippen LogP contribution in [0.5, 0.6) is 0 Å². The van der Waals surface area contributed by atoms with E-state index in [1.54, 1.807) is 6.92 Å². The van der Waals surface area contributed by atoms with Crippen LogP contribution in [0.15, 0.2) is 22.6 Å². The third kappa shape index (κ3) is 2.30. The Morgan fingerprint density at radius 1 is 1.50 bits per heavy atom. The first-order chi connectivity index (χ1) is 8.49. The Bertz CT molecular complexity index is 600. The molecule has 6 nitrogen and oxygen atoms in total. The van der Waals surface area contributed by atoms with E-state index >= 15 is 0 Å². The fraction of sp³-hybridized carbons (Fsp3) is 0.200. The van der Waals surface area contributed by atoms with Crippen molar-refractivity contribution in [2.45, 2.75) is 12.3 Å². The fourth-order valence-corrected chi connectivity index (χ4v) is 1.43. The second-order valence-corrected chi connectivity index (χ2v) is 4.13. The minimum atomic E-state index is -0.650. The van der Waals surface area contributed by atoms with Crippen molar-refractivity contribution in [3.05, 3.63) is 40.0 Å². The lowest BCUT2D eigenvalue weighted by molar-refractivity contribution is -0.384. The monoisotopic (exact) mass is 271 g/mol. The van der Waals surface area contributed by atoms with Crippen molar-refractivity contribution in [3.8, 4) is 11.5 Å². The lowest BCUT2D eigenvalue weighted by Gasteiger charge is -1.98. The molecule has 1 aromatic heterocycles. The van der Waals surface area contributed by atoms with Gasteiger partial charge in [0.15, 0.2) is 0 Å². The van der Waals surface area contributed by atoms with E-state index < -0.39 is 16.1 Å². The maximum Gasteiger partial charge on any atom is 0.282 e. The molecule has 0 radical (unpaired) electrons. The molecule has 0 spiro atoms. The summed E-state index contributed by atoms with van der Waals surface area (Å²) in [5.74, 6) is -0.650. The maximum absolute atomic E-state index is 13.1. The van der Waals surface area contributed by atoms with E-state index in [2.05, 4.69) is 10.2 Å². The van der Waals surface area contributed by atoms with Crippen molar-refractivity contribution in [3.63, 3.8) is 0 Å². The molecular weight excluding hydrogens is 265 g/mol. The Labute approximate surface area is 106 Å². The summed E-state index contributed by atoms with van der Waals surface area (Å²) < 4.78 is 18.3. The zero-order valence-corrected chi connectivity index (χ0v) is 9.89. The van der Waals surface area contributed by atoms with Gasteiger partial charge >= 0.3 is 0 Å². The van der Waals surface area contributed by atoms with Gasteiger partial charge in [0.05, 0.1) is 4.92 Å². The molecule has 8 heteroatoms. The van der Waals surface area contributed by atoms with E-state index in [4.69, 9.17) is 16.0 Å². The van der Waals surface area contributed by atoms with Gasteiger partial charge in [-0.1, -0.05) is 0 Å². The number of halogens is 2. The smallest absolute Gasteiger partial charge is 0.282 e. The summed E-state index contributed by atoms with van der Waals surface area (Å²) in [6, 6.07) is 3.00. The van der Waals surface area contributed by atoms with Crippen molar-refractivity contribution in [1.29, 1.82) is 0 Å². The van der Waals surface area contributed by atoms with Gasteiger partial charge in [0.1, 0.15) is 16.8 Å². The van der Waals surface area contributed by atoms with Crippen molar-refractivity contribution in [1.82, 2.24) is 10.2 Å². The summed E-state index contributed by atoms with van der Waals surface area (Å²) in [6.07, 6.45) is 0. The number of nitro groups is 1. The highest BCUT2D eigenvalue weighted by Gasteiger charge is 2.22. The fourth-order valence-electron chi connectivity index (χ4n) is 1.34. The molecule has 0 fully saturated rings. The number of alkyl halides is 1. The van der Waals surface area contributed by atoms with Crippen LogP contribution >= 0.6 is 11.6 Å². The minimum absolute atomic E-state index is 0.0731. The highest BCUT2D eigenvalue weighted by atomic mass is 35.5. The molecule has 0 amide bonds. The highest BCUT2D eigenvalue weighted by molar-refractivity contribution is 6.20. The van der Waals surface area contributed by atoms with Gasteiger partial charge in [0.2, 0.25) is 5.89 Å². The second-order valence-electron chi connectivity index (χ2n) is 3.48. The summed E-state index contributed by atoms with van der Waals surface area (Å²) in [5, 5.41) is 17.5. The molecule has 0 aliphatic rings. The third-order valence-electron chi connectivity index (χ3n) is 2.17. The lowest BCUT2D eigenvalue weighted by Crippen LogP contribution is -1.93. The van der Waals surface area contributed by atoms with Crippen LogP contribution in [0.3, 0.4) is 0 Å².